The van der Waals surface area contributed by atoms with Gasteiger partial charge in [-0.25, -0.2) is 19.6 Å². The van der Waals surface area contributed by atoms with Gasteiger partial charge in [0.2, 0.25) is 11.8 Å². The summed E-state index contributed by atoms with van der Waals surface area (Å²) in [5.41, 5.74) is 8.37. The number of carbonyl (C=O) groups excluding carboxylic acids is 2. The summed E-state index contributed by atoms with van der Waals surface area (Å²) in [4.78, 5) is 40.5. The van der Waals surface area contributed by atoms with Crippen LogP contribution >= 0.6 is 11.3 Å². The van der Waals surface area contributed by atoms with Crippen molar-refractivity contribution in [3.05, 3.63) is 49.3 Å². The molecule has 1 atom stereocenters. The fourth-order valence-corrected chi connectivity index (χ4v) is 5.30. The van der Waals surface area contributed by atoms with Crippen LogP contribution < -0.4 is 11.1 Å². The first-order valence-corrected chi connectivity index (χ1v) is 12.0. The van der Waals surface area contributed by atoms with Crippen LogP contribution in [0.2, 0.25) is 0 Å². The molecule has 1 aliphatic rings. The van der Waals surface area contributed by atoms with Crippen LogP contribution in [0.3, 0.4) is 0 Å². The number of rotatable bonds is 5. The van der Waals surface area contributed by atoms with Crippen molar-refractivity contribution < 1.29 is 9.59 Å². The lowest BCUT2D eigenvalue weighted by Crippen LogP contribution is -2.40. The lowest BCUT2D eigenvalue weighted by atomic mass is 10.1. The Kier molecular flexibility index (Phi) is 6.00. The van der Waals surface area contributed by atoms with Crippen LogP contribution in [0.4, 0.5) is 11.6 Å². The predicted octanol–water partition coefficient (Wildman–Crippen LogP) is 3.51. The number of nitrogens with zero attached hydrogens (tertiary/aromatic N) is 6. The van der Waals surface area contributed by atoms with Crippen LogP contribution in [-0.4, -0.2) is 54.5 Å². The van der Waals surface area contributed by atoms with E-state index in [1.54, 1.807) is 11.0 Å². The van der Waals surface area contributed by atoms with E-state index in [2.05, 4.69) is 26.8 Å². The van der Waals surface area contributed by atoms with Gasteiger partial charge in [-0.1, -0.05) is 12.6 Å². The second-order valence-corrected chi connectivity index (χ2v) is 9.37. The highest BCUT2D eigenvalue weighted by atomic mass is 32.1. The van der Waals surface area contributed by atoms with E-state index in [0.29, 0.717) is 41.5 Å². The third kappa shape index (κ3) is 4.37. The van der Waals surface area contributed by atoms with Crippen LogP contribution in [0.25, 0.3) is 32.2 Å². The SMILES string of the molecule is C=CC(=O)N1CCC[C@@H](n2nc(-c3ccc(-c4cccc(NC(C)=O)n4)s3)c3c(N)ncnc32)C1. The molecule has 0 saturated carbocycles. The largest absolute Gasteiger partial charge is 0.383 e. The maximum Gasteiger partial charge on any atom is 0.246 e. The van der Waals surface area contributed by atoms with E-state index in [1.807, 2.05) is 28.9 Å². The molecule has 35 heavy (non-hydrogen) atoms. The molecule has 178 valence electrons. The highest BCUT2D eigenvalue weighted by molar-refractivity contribution is 7.18. The Morgan fingerprint density at radius 2 is 2.06 bits per heavy atom. The topological polar surface area (TPSA) is 132 Å². The van der Waals surface area contributed by atoms with Gasteiger partial charge >= 0.3 is 0 Å². The standard InChI is InChI=1S/C24H24N8O2S/c1-3-20(34)31-11-5-6-15(12-31)32-24-21(23(25)26-13-27-24)22(30-32)18-10-9-17(35-18)16-7-4-8-19(29-16)28-14(2)33/h3-4,7-10,13,15H,1,5-6,11-12H2,2H3,(H2,25,26,27)(H,28,29,33)/t15-/m1/s1. The van der Waals surface area contributed by atoms with Crippen molar-refractivity contribution in [3.8, 4) is 21.1 Å². The van der Waals surface area contributed by atoms with Crippen molar-refractivity contribution in [1.29, 1.82) is 0 Å². The van der Waals surface area contributed by atoms with E-state index in [1.165, 1.54) is 30.7 Å². The van der Waals surface area contributed by atoms with Gasteiger partial charge in [-0.2, -0.15) is 5.10 Å². The van der Waals surface area contributed by atoms with E-state index in [-0.39, 0.29) is 17.9 Å². The van der Waals surface area contributed by atoms with Gasteiger partial charge < -0.3 is 16.0 Å². The van der Waals surface area contributed by atoms with Gasteiger partial charge in [-0.3, -0.25) is 9.59 Å². The zero-order valence-corrected chi connectivity index (χ0v) is 20.0. The molecule has 4 aromatic heterocycles. The summed E-state index contributed by atoms with van der Waals surface area (Å²) in [7, 11) is 0. The summed E-state index contributed by atoms with van der Waals surface area (Å²) in [6.45, 7) is 6.29. The predicted molar refractivity (Wildman–Crippen MR) is 136 cm³/mol. The van der Waals surface area contributed by atoms with Gasteiger partial charge in [-0.15, -0.1) is 11.3 Å². The molecule has 1 saturated heterocycles. The second-order valence-electron chi connectivity index (χ2n) is 8.29. The summed E-state index contributed by atoms with van der Waals surface area (Å²) in [6.07, 6.45) is 4.52. The van der Waals surface area contributed by atoms with E-state index in [9.17, 15) is 9.59 Å². The quantitative estimate of drug-likeness (QED) is 0.411. The summed E-state index contributed by atoms with van der Waals surface area (Å²) in [5, 5.41) is 8.33. The number of nitrogen functional groups attached to an aromatic ring is 1. The molecule has 10 nitrogen and oxygen atoms in total. The van der Waals surface area contributed by atoms with E-state index < -0.39 is 0 Å². The van der Waals surface area contributed by atoms with Gasteiger partial charge in [0.1, 0.15) is 23.7 Å². The Bertz CT molecular complexity index is 1440. The first-order chi connectivity index (χ1) is 16.9. The zero-order valence-electron chi connectivity index (χ0n) is 19.1. The number of piperidine rings is 1. The molecular formula is C24H24N8O2S. The normalized spacial score (nSPS) is 15.8. The highest BCUT2D eigenvalue weighted by Crippen LogP contribution is 2.39. The molecule has 0 radical (unpaired) electrons. The van der Waals surface area contributed by atoms with Crippen molar-refractivity contribution in [3.63, 3.8) is 0 Å². The Hall–Kier alpha value is -4.12. The molecule has 4 aromatic rings. The minimum Gasteiger partial charge on any atom is -0.383 e. The number of amides is 2. The summed E-state index contributed by atoms with van der Waals surface area (Å²) < 4.78 is 1.88. The number of thiophene rings is 1. The number of nitrogens with one attached hydrogen (secondary N) is 1. The molecular weight excluding hydrogens is 464 g/mol. The lowest BCUT2D eigenvalue weighted by Gasteiger charge is -2.32. The fraction of sp³-hybridized carbons (Fsp3) is 0.250. The molecule has 5 rings (SSSR count). The van der Waals surface area contributed by atoms with Crippen LogP contribution in [0, 0.1) is 0 Å². The van der Waals surface area contributed by atoms with Gasteiger partial charge in [0.15, 0.2) is 5.65 Å². The molecule has 11 heteroatoms. The monoisotopic (exact) mass is 488 g/mol. The Labute approximate surface area is 205 Å². The van der Waals surface area contributed by atoms with Crippen molar-refractivity contribution >= 4 is 45.8 Å². The smallest absolute Gasteiger partial charge is 0.246 e. The summed E-state index contributed by atoms with van der Waals surface area (Å²) in [6, 6.07) is 9.39. The number of carbonyl (C=O) groups is 2. The average molecular weight is 489 g/mol. The Morgan fingerprint density at radius 3 is 2.86 bits per heavy atom. The van der Waals surface area contributed by atoms with Crippen LogP contribution in [0.5, 0.6) is 0 Å². The first kappa shape index (κ1) is 22.7. The maximum atomic E-state index is 12.2. The van der Waals surface area contributed by atoms with Crippen molar-refractivity contribution in [2.24, 2.45) is 0 Å². The number of hydrogen-bond donors (Lipinski definition) is 2. The number of fused-ring (bicyclic) bond motifs is 1. The Balaban J connectivity index is 1.54. The highest BCUT2D eigenvalue weighted by Gasteiger charge is 2.28. The third-order valence-corrected chi connectivity index (χ3v) is 7.01. The molecule has 0 spiro atoms. The van der Waals surface area contributed by atoms with E-state index in [0.717, 1.165) is 28.3 Å². The van der Waals surface area contributed by atoms with Gasteiger partial charge in [0.05, 0.1) is 26.9 Å². The van der Waals surface area contributed by atoms with Gasteiger partial charge in [0.25, 0.3) is 0 Å². The maximum absolute atomic E-state index is 12.2. The molecule has 0 unspecified atom stereocenters. The molecule has 3 N–H and O–H groups in total. The van der Waals surface area contributed by atoms with Crippen molar-refractivity contribution in [2.75, 3.05) is 24.1 Å². The molecule has 1 fully saturated rings. The average Bonchev–Trinajstić information content (AvgIpc) is 3.49. The molecule has 0 bridgehead atoms. The number of pyridine rings is 1. The summed E-state index contributed by atoms with van der Waals surface area (Å²) in [5.74, 6) is 0.586. The Morgan fingerprint density at radius 1 is 1.23 bits per heavy atom. The molecule has 2 amide bonds. The number of aromatic nitrogens is 5. The molecule has 1 aliphatic heterocycles. The first-order valence-electron chi connectivity index (χ1n) is 11.2. The zero-order chi connectivity index (χ0) is 24.5. The summed E-state index contributed by atoms with van der Waals surface area (Å²) >= 11 is 1.52. The second kappa shape index (κ2) is 9.26. The van der Waals surface area contributed by atoms with Crippen molar-refractivity contribution in [2.45, 2.75) is 25.8 Å². The van der Waals surface area contributed by atoms with E-state index >= 15 is 0 Å². The molecule has 0 aromatic carbocycles. The molecule has 5 heterocycles. The van der Waals surface area contributed by atoms with E-state index in [4.69, 9.17) is 10.8 Å². The minimum absolute atomic E-state index is 0.0337. The number of anilines is 2. The van der Waals surface area contributed by atoms with Crippen molar-refractivity contribution in [1.82, 2.24) is 29.6 Å². The van der Waals surface area contributed by atoms with Crippen LogP contribution in [0.15, 0.2) is 49.3 Å². The van der Waals surface area contributed by atoms with Crippen LogP contribution in [-0.2, 0) is 9.59 Å². The lowest BCUT2D eigenvalue weighted by molar-refractivity contribution is -0.127. The minimum atomic E-state index is -0.176. The van der Waals surface area contributed by atoms with Crippen LogP contribution in [0.1, 0.15) is 25.8 Å². The third-order valence-electron chi connectivity index (χ3n) is 5.89. The molecule has 0 aliphatic carbocycles. The van der Waals surface area contributed by atoms with Gasteiger partial charge in [-0.05, 0) is 43.2 Å². The van der Waals surface area contributed by atoms with Gasteiger partial charge in [0, 0.05) is 20.0 Å². The number of nitrogens with two attached hydrogens (primary N) is 1. The fourth-order valence-electron chi connectivity index (χ4n) is 4.33. The number of likely N-dealkylation sites (tertiary alicyclic amines) is 1. The number of hydrogen-bond acceptors (Lipinski definition) is 8.